The van der Waals surface area contributed by atoms with E-state index in [9.17, 15) is 4.79 Å². The zero-order valence-corrected chi connectivity index (χ0v) is 16.0. The number of benzene rings is 2. The average Bonchev–Trinajstić information content (AvgIpc) is 3.35. The second-order valence-electron chi connectivity index (χ2n) is 7.18. The lowest BCUT2D eigenvalue weighted by Gasteiger charge is -2.14. The topological polar surface area (TPSA) is 46.9 Å². The molecule has 0 radical (unpaired) electrons. The smallest absolute Gasteiger partial charge is 0.276 e. The zero-order chi connectivity index (χ0) is 18.5. The average molecular weight is 398 g/mol. The number of anilines is 1. The molecule has 1 amide bonds. The molecule has 4 nitrogen and oxygen atoms in total. The Morgan fingerprint density at radius 2 is 1.85 bits per heavy atom. The number of fused-ring (bicyclic) bond motifs is 5. The molecule has 6 heteroatoms. The second kappa shape index (κ2) is 6.39. The van der Waals surface area contributed by atoms with Crippen LogP contribution < -0.4 is 5.32 Å². The largest absolute Gasteiger partial charge is 0.321 e. The fourth-order valence-corrected chi connectivity index (χ4v) is 4.94. The molecule has 136 valence electrons. The highest BCUT2D eigenvalue weighted by Crippen LogP contribution is 2.55. The Kier molecular flexibility index (Phi) is 3.99. The third-order valence-corrected chi connectivity index (χ3v) is 6.11. The van der Waals surface area contributed by atoms with E-state index >= 15 is 0 Å². The van der Waals surface area contributed by atoms with E-state index in [2.05, 4.69) is 5.32 Å². The molecule has 2 bridgehead atoms. The van der Waals surface area contributed by atoms with E-state index in [-0.39, 0.29) is 5.91 Å². The van der Waals surface area contributed by atoms with Crippen LogP contribution in [0.1, 0.15) is 52.8 Å². The van der Waals surface area contributed by atoms with Gasteiger partial charge in [-0.2, -0.15) is 5.10 Å². The standard InChI is InChI=1S/C21H17Cl2N3O/c22-14-8-9-17(16(23)11-14)26-20-13-7-6-12(10-13)18(20)19(25-26)21(27)24-15-4-2-1-3-5-15/h1-5,8-9,11-13H,6-7,10H2,(H,24,27)/t12-,13-/m0/s1. The summed E-state index contributed by atoms with van der Waals surface area (Å²) in [6, 6.07) is 14.8. The minimum Gasteiger partial charge on any atom is -0.321 e. The molecule has 2 aliphatic carbocycles. The normalized spacial score (nSPS) is 19.9. The molecule has 2 aromatic carbocycles. The third-order valence-electron chi connectivity index (χ3n) is 5.57. The van der Waals surface area contributed by atoms with Crippen LogP contribution in [0.3, 0.4) is 0 Å². The molecule has 1 aromatic heterocycles. The Labute approximate surface area is 167 Å². The summed E-state index contributed by atoms with van der Waals surface area (Å²) < 4.78 is 1.86. The molecule has 0 saturated heterocycles. The van der Waals surface area contributed by atoms with Gasteiger partial charge in [0.2, 0.25) is 0 Å². The molecule has 1 heterocycles. The van der Waals surface area contributed by atoms with Crippen molar-refractivity contribution in [2.24, 2.45) is 0 Å². The first-order chi connectivity index (χ1) is 13.1. The monoisotopic (exact) mass is 397 g/mol. The first-order valence-electron chi connectivity index (χ1n) is 9.06. The quantitative estimate of drug-likeness (QED) is 0.607. The number of rotatable bonds is 3. The van der Waals surface area contributed by atoms with Crippen LogP contribution in [0.25, 0.3) is 5.69 Å². The van der Waals surface area contributed by atoms with Crippen LogP contribution in [0.2, 0.25) is 10.0 Å². The highest BCUT2D eigenvalue weighted by atomic mass is 35.5. The molecule has 0 aliphatic heterocycles. The van der Waals surface area contributed by atoms with Crippen molar-refractivity contribution in [2.45, 2.75) is 31.1 Å². The molecule has 27 heavy (non-hydrogen) atoms. The number of carbonyl (C=O) groups is 1. The summed E-state index contributed by atoms with van der Waals surface area (Å²) in [5.74, 6) is 0.665. The van der Waals surface area contributed by atoms with Crippen molar-refractivity contribution < 1.29 is 4.79 Å². The SMILES string of the molecule is O=C(Nc1ccccc1)c1nn(-c2ccc(Cl)cc2Cl)c2c1[C@H]1CC[C@H]2C1. The molecule has 1 saturated carbocycles. The van der Waals surface area contributed by atoms with Crippen molar-refractivity contribution in [3.63, 3.8) is 0 Å². The number of carbonyl (C=O) groups excluding carboxylic acids is 1. The molecule has 1 N–H and O–H groups in total. The summed E-state index contributed by atoms with van der Waals surface area (Å²) in [5, 5.41) is 8.79. The van der Waals surface area contributed by atoms with Gasteiger partial charge in [0.15, 0.2) is 5.69 Å². The van der Waals surface area contributed by atoms with Crippen molar-refractivity contribution in [2.75, 3.05) is 5.32 Å². The van der Waals surface area contributed by atoms with Gasteiger partial charge in [-0.25, -0.2) is 4.68 Å². The zero-order valence-electron chi connectivity index (χ0n) is 14.5. The van der Waals surface area contributed by atoms with Gasteiger partial charge in [-0.05, 0) is 55.5 Å². The lowest BCUT2D eigenvalue weighted by atomic mass is 9.95. The van der Waals surface area contributed by atoms with Gasteiger partial charge in [0.05, 0.1) is 16.4 Å². The number of para-hydroxylation sites is 1. The minimum absolute atomic E-state index is 0.172. The molecule has 5 rings (SSSR count). The Morgan fingerprint density at radius 3 is 2.63 bits per heavy atom. The summed E-state index contributed by atoms with van der Waals surface area (Å²) in [5.41, 5.74) is 4.26. The van der Waals surface area contributed by atoms with Crippen LogP contribution >= 0.6 is 23.2 Å². The lowest BCUT2D eigenvalue weighted by molar-refractivity contribution is 0.102. The summed E-state index contributed by atoms with van der Waals surface area (Å²) in [7, 11) is 0. The molecule has 2 atom stereocenters. The van der Waals surface area contributed by atoms with Crippen molar-refractivity contribution >= 4 is 34.8 Å². The Hall–Kier alpha value is -2.30. The van der Waals surface area contributed by atoms with Crippen LogP contribution in [0.4, 0.5) is 5.69 Å². The van der Waals surface area contributed by atoms with Gasteiger partial charge in [0.1, 0.15) is 0 Å². The van der Waals surface area contributed by atoms with Crippen molar-refractivity contribution in [3.05, 3.63) is 75.5 Å². The first kappa shape index (κ1) is 16.8. The number of hydrogen-bond donors (Lipinski definition) is 1. The number of nitrogens with zero attached hydrogens (tertiary/aromatic N) is 2. The summed E-state index contributed by atoms with van der Waals surface area (Å²) in [4.78, 5) is 13.0. The van der Waals surface area contributed by atoms with Crippen molar-refractivity contribution in [3.8, 4) is 5.69 Å². The molecular weight excluding hydrogens is 381 g/mol. The van der Waals surface area contributed by atoms with Gasteiger partial charge in [-0.15, -0.1) is 0 Å². The summed E-state index contributed by atoms with van der Waals surface area (Å²) >= 11 is 12.5. The van der Waals surface area contributed by atoms with Crippen LogP contribution in [-0.4, -0.2) is 15.7 Å². The number of amides is 1. The van der Waals surface area contributed by atoms with Gasteiger partial charge in [-0.3, -0.25) is 4.79 Å². The van der Waals surface area contributed by atoms with E-state index in [0.717, 1.165) is 41.9 Å². The maximum atomic E-state index is 13.0. The van der Waals surface area contributed by atoms with Gasteiger partial charge < -0.3 is 5.32 Å². The number of hydrogen-bond acceptors (Lipinski definition) is 2. The fourth-order valence-electron chi connectivity index (χ4n) is 4.45. The van der Waals surface area contributed by atoms with Gasteiger partial charge in [0, 0.05) is 22.2 Å². The van der Waals surface area contributed by atoms with E-state index in [0.29, 0.717) is 27.6 Å². The van der Waals surface area contributed by atoms with E-state index in [1.54, 1.807) is 12.1 Å². The molecule has 3 aromatic rings. The predicted octanol–water partition coefficient (Wildman–Crippen LogP) is 5.80. The maximum absolute atomic E-state index is 13.0. The fraction of sp³-hybridized carbons (Fsp3) is 0.238. The van der Waals surface area contributed by atoms with Gasteiger partial charge in [0.25, 0.3) is 5.91 Å². The second-order valence-corrected chi connectivity index (χ2v) is 8.03. The van der Waals surface area contributed by atoms with Crippen molar-refractivity contribution in [1.82, 2.24) is 9.78 Å². The van der Waals surface area contributed by atoms with Crippen LogP contribution in [0.5, 0.6) is 0 Å². The maximum Gasteiger partial charge on any atom is 0.276 e. The van der Waals surface area contributed by atoms with E-state index in [1.807, 2.05) is 41.1 Å². The molecular formula is C21H17Cl2N3O. The number of halogens is 2. The third kappa shape index (κ3) is 2.75. The summed E-state index contributed by atoms with van der Waals surface area (Å²) in [6.45, 7) is 0. The number of nitrogens with one attached hydrogen (secondary N) is 1. The Bertz CT molecular complexity index is 1050. The van der Waals surface area contributed by atoms with Gasteiger partial charge >= 0.3 is 0 Å². The van der Waals surface area contributed by atoms with E-state index in [4.69, 9.17) is 28.3 Å². The number of aromatic nitrogens is 2. The Balaban J connectivity index is 1.61. The summed E-state index contributed by atoms with van der Waals surface area (Å²) in [6.07, 6.45) is 3.33. The first-order valence-corrected chi connectivity index (χ1v) is 9.82. The lowest BCUT2D eigenvalue weighted by Crippen LogP contribution is -2.15. The van der Waals surface area contributed by atoms with E-state index in [1.165, 1.54) is 0 Å². The van der Waals surface area contributed by atoms with Crippen LogP contribution in [0, 0.1) is 0 Å². The highest BCUT2D eigenvalue weighted by Gasteiger charge is 2.44. The predicted molar refractivity (Wildman–Crippen MR) is 107 cm³/mol. The van der Waals surface area contributed by atoms with Crippen molar-refractivity contribution in [1.29, 1.82) is 0 Å². The molecule has 2 aliphatic rings. The van der Waals surface area contributed by atoms with Gasteiger partial charge in [-0.1, -0.05) is 41.4 Å². The van der Waals surface area contributed by atoms with Crippen LogP contribution in [0.15, 0.2) is 48.5 Å². The highest BCUT2D eigenvalue weighted by molar-refractivity contribution is 6.35. The van der Waals surface area contributed by atoms with E-state index < -0.39 is 0 Å². The molecule has 0 unspecified atom stereocenters. The van der Waals surface area contributed by atoms with Crippen LogP contribution in [-0.2, 0) is 0 Å². The minimum atomic E-state index is -0.172. The Morgan fingerprint density at radius 1 is 1.07 bits per heavy atom. The molecule has 0 spiro atoms. The molecule has 1 fully saturated rings.